The van der Waals surface area contributed by atoms with Gasteiger partial charge in [0.1, 0.15) is 0 Å². The van der Waals surface area contributed by atoms with Crippen LogP contribution in [0.15, 0.2) is 28.9 Å². The highest BCUT2D eigenvalue weighted by Crippen LogP contribution is 2.33. The summed E-state index contributed by atoms with van der Waals surface area (Å²) in [5, 5.41) is 0. The molecule has 3 rings (SSSR count). The minimum absolute atomic E-state index is 0.310. The molecule has 1 saturated carbocycles. The Morgan fingerprint density at radius 1 is 1.24 bits per heavy atom. The maximum atomic E-state index is 11.9. The van der Waals surface area contributed by atoms with Crippen molar-refractivity contribution < 1.29 is 19.0 Å². The summed E-state index contributed by atoms with van der Waals surface area (Å²) >= 11 is 0. The van der Waals surface area contributed by atoms with Crippen LogP contribution in [0.3, 0.4) is 0 Å². The number of methoxy groups -OCH3 is 2. The molecule has 1 aliphatic heterocycles. The normalized spacial score (nSPS) is 20.0. The lowest BCUT2D eigenvalue weighted by molar-refractivity contribution is -0.130. The van der Waals surface area contributed by atoms with Gasteiger partial charge in [0, 0.05) is 5.92 Å². The molecule has 0 aromatic heterocycles. The highest BCUT2D eigenvalue weighted by Gasteiger charge is 2.32. The van der Waals surface area contributed by atoms with Gasteiger partial charge >= 0.3 is 5.97 Å². The number of cyclic esters (lactones) is 1. The predicted octanol–water partition coefficient (Wildman–Crippen LogP) is 2.80. The molecule has 110 valence electrons. The highest BCUT2D eigenvalue weighted by molar-refractivity contribution is 6.08. The molecule has 1 aliphatic carbocycles. The molecule has 0 unspecified atom stereocenters. The summed E-state index contributed by atoms with van der Waals surface area (Å²) in [6.45, 7) is 0. The van der Waals surface area contributed by atoms with Crippen LogP contribution in [-0.2, 0) is 9.53 Å². The average Bonchev–Trinajstić information content (AvgIpc) is 2.77. The second-order valence-corrected chi connectivity index (χ2v) is 5.11. The van der Waals surface area contributed by atoms with Crippen LogP contribution in [0.2, 0.25) is 0 Å². The third-order valence-electron chi connectivity index (χ3n) is 3.80. The van der Waals surface area contributed by atoms with Crippen LogP contribution in [0, 0.1) is 5.92 Å². The number of hydrogen-bond donors (Lipinski definition) is 0. The standard InChI is InChI=1S/C16H17NO4/c1-19-13-7-6-10(9-14(13)20-2)8-12-16(18)21-15(17-12)11-4-3-5-11/h6-9,11H,3-5H2,1-2H3/b12-8+. The minimum Gasteiger partial charge on any atom is -0.493 e. The molecule has 1 aromatic carbocycles. The first kappa shape index (κ1) is 13.7. The SMILES string of the molecule is COc1ccc(/C=C2/N=C(C3CCC3)OC2=O)cc1OC. The second kappa shape index (κ2) is 5.60. The van der Waals surface area contributed by atoms with Crippen LogP contribution in [0.1, 0.15) is 24.8 Å². The molecule has 0 amide bonds. The number of esters is 1. The highest BCUT2D eigenvalue weighted by atomic mass is 16.6. The molecule has 0 saturated heterocycles. The minimum atomic E-state index is -0.383. The summed E-state index contributed by atoms with van der Waals surface area (Å²) in [4.78, 5) is 16.2. The van der Waals surface area contributed by atoms with Gasteiger partial charge in [-0.25, -0.2) is 9.79 Å². The van der Waals surface area contributed by atoms with E-state index in [1.54, 1.807) is 32.4 Å². The number of aliphatic imine (C=N–C) groups is 1. The largest absolute Gasteiger partial charge is 0.493 e. The zero-order valence-electron chi connectivity index (χ0n) is 12.1. The van der Waals surface area contributed by atoms with Crippen molar-refractivity contribution in [1.82, 2.24) is 0 Å². The Morgan fingerprint density at radius 3 is 2.62 bits per heavy atom. The fourth-order valence-corrected chi connectivity index (χ4v) is 2.36. The summed E-state index contributed by atoms with van der Waals surface area (Å²) in [5.74, 6) is 1.75. The Labute approximate surface area is 123 Å². The smallest absolute Gasteiger partial charge is 0.363 e. The van der Waals surface area contributed by atoms with E-state index in [2.05, 4.69) is 4.99 Å². The van der Waals surface area contributed by atoms with Gasteiger partial charge in [0.05, 0.1) is 14.2 Å². The monoisotopic (exact) mass is 287 g/mol. The molecule has 5 heteroatoms. The van der Waals surface area contributed by atoms with E-state index in [-0.39, 0.29) is 5.97 Å². The van der Waals surface area contributed by atoms with Crippen molar-refractivity contribution >= 4 is 17.9 Å². The van der Waals surface area contributed by atoms with Crippen LogP contribution in [-0.4, -0.2) is 26.1 Å². The van der Waals surface area contributed by atoms with Gasteiger partial charge in [-0.2, -0.15) is 0 Å². The first-order valence-corrected chi connectivity index (χ1v) is 6.95. The Hall–Kier alpha value is -2.30. The van der Waals surface area contributed by atoms with Gasteiger partial charge in [0.25, 0.3) is 0 Å². The fourth-order valence-electron chi connectivity index (χ4n) is 2.36. The van der Waals surface area contributed by atoms with Crippen molar-refractivity contribution in [2.45, 2.75) is 19.3 Å². The van der Waals surface area contributed by atoms with Crippen molar-refractivity contribution in [2.75, 3.05) is 14.2 Å². The number of hydrogen-bond acceptors (Lipinski definition) is 5. The zero-order chi connectivity index (χ0) is 14.8. The number of benzene rings is 1. The van der Waals surface area contributed by atoms with Crippen molar-refractivity contribution in [3.63, 3.8) is 0 Å². The molecule has 0 bridgehead atoms. The Bertz CT molecular complexity index is 629. The summed E-state index contributed by atoms with van der Waals surface area (Å²) in [6, 6.07) is 5.44. The van der Waals surface area contributed by atoms with Crippen LogP contribution >= 0.6 is 0 Å². The molecule has 21 heavy (non-hydrogen) atoms. The van der Waals surface area contributed by atoms with E-state index in [1.165, 1.54) is 6.42 Å². The van der Waals surface area contributed by atoms with E-state index < -0.39 is 0 Å². The number of carbonyl (C=O) groups is 1. The van der Waals surface area contributed by atoms with Crippen molar-refractivity contribution in [3.8, 4) is 11.5 Å². The molecule has 1 aromatic rings. The fraction of sp³-hybridized carbons (Fsp3) is 0.375. The lowest BCUT2D eigenvalue weighted by Crippen LogP contribution is -2.22. The molecule has 0 spiro atoms. The molecule has 1 heterocycles. The number of nitrogens with zero attached hydrogens (tertiary/aromatic N) is 1. The van der Waals surface area contributed by atoms with Gasteiger partial charge in [-0.05, 0) is 36.6 Å². The quantitative estimate of drug-likeness (QED) is 0.631. The van der Waals surface area contributed by atoms with Crippen LogP contribution in [0.4, 0.5) is 0 Å². The lowest BCUT2D eigenvalue weighted by Gasteiger charge is -2.23. The predicted molar refractivity (Wildman–Crippen MR) is 78.4 cm³/mol. The zero-order valence-corrected chi connectivity index (χ0v) is 12.1. The van der Waals surface area contributed by atoms with Crippen LogP contribution in [0.5, 0.6) is 11.5 Å². The molecule has 0 atom stereocenters. The summed E-state index contributed by atoms with van der Waals surface area (Å²) < 4.78 is 15.7. The van der Waals surface area contributed by atoms with E-state index in [4.69, 9.17) is 14.2 Å². The molecular weight excluding hydrogens is 270 g/mol. The summed E-state index contributed by atoms with van der Waals surface area (Å²) in [6.07, 6.45) is 4.98. The van der Waals surface area contributed by atoms with Gasteiger partial charge in [0.15, 0.2) is 17.2 Å². The maximum Gasteiger partial charge on any atom is 0.363 e. The van der Waals surface area contributed by atoms with Crippen LogP contribution in [0.25, 0.3) is 6.08 Å². The third kappa shape index (κ3) is 2.63. The summed E-state index contributed by atoms with van der Waals surface area (Å²) in [5.41, 5.74) is 1.15. The number of carbonyl (C=O) groups excluding carboxylic acids is 1. The topological polar surface area (TPSA) is 57.1 Å². The lowest BCUT2D eigenvalue weighted by atomic mass is 9.85. The first-order valence-electron chi connectivity index (χ1n) is 6.95. The molecule has 5 nitrogen and oxygen atoms in total. The van der Waals surface area contributed by atoms with Gasteiger partial charge in [-0.1, -0.05) is 12.5 Å². The van der Waals surface area contributed by atoms with Crippen molar-refractivity contribution in [1.29, 1.82) is 0 Å². The van der Waals surface area contributed by atoms with E-state index in [0.717, 1.165) is 18.4 Å². The van der Waals surface area contributed by atoms with Crippen LogP contribution < -0.4 is 9.47 Å². The van der Waals surface area contributed by atoms with E-state index in [0.29, 0.717) is 29.0 Å². The van der Waals surface area contributed by atoms with E-state index in [9.17, 15) is 4.79 Å². The Morgan fingerprint density at radius 2 is 2.00 bits per heavy atom. The second-order valence-electron chi connectivity index (χ2n) is 5.11. The molecular formula is C16H17NO4. The van der Waals surface area contributed by atoms with Gasteiger partial charge < -0.3 is 14.2 Å². The summed E-state index contributed by atoms with van der Waals surface area (Å²) in [7, 11) is 3.16. The Balaban J connectivity index is 1.87. The number of rotatable bonds is 4. The van der Waals surface area contributed by atoms with Gasteiger partial charge in [-0.3, -0.25) is 0 Å². The van der Waals surface area contributed by atoms with Gasteiger partial charge in [-0.15, -0.1) is 0 Å². The van der Waals surface area contributed by atoms with Crippen molar-refractivity contribution in [3.05, 3.63) is 29.5 Å². The number of ether oxygens (including phenoxy) is 3. The molecule has 1 fully saturated rings. The van der Waals surface area contributed by atoms with Crippen molar-refractivity contribution in [2.24, 2.45) is 10.9 Å². The Kier molecular flexibility index (Phi) is 3.64. The average molecular weight is 287 g/mol. The first-order chi connectivity index (χ1) is 10.2. The molecule has 2 aliphatic rings. The maximum absolute atomic E-state index is 11.9. The van der Waals surface area contributed by atoms with E-state index >= 15 is 0 Å². The molecule has 0 N–H and O–H groups in total. The third-order valence-corrected chi connectivity index (χ3v) is 3.80. The molecule has 0 radical (unpaired) electrons. The van der Waals surface area contributed by atoms with Gasteiger partial charge in [0.2, 0.25) is 5.90 Å². The van der Waals surface area contributed by atoms with E-state index in [1.807, 2.05) is 6.07 Å².